The number of hydrogen-bond acceptors (Lipinski definition) is 1. The van der Waals surface area contributed by atoms with Gasteiger partial charge in [0.05, 0.1) is 0 Å². The summed E-state index contributed by atoms with van der Waals surface area (Å²) in [6, 6.07) is 10.2. The van der Waals surface area contributed by atoms with E-state index in [4.69, 9.17) is 16.3 Å². The molecular weight excluding hydrogens is 208 g/mol. The molecule has 1 nitrogen and oxygen atoms in total. The molecule has 78 valence electrons. The van der Waals surface area contributed by atoms with Crippen LogP contribution in [0.3, 0.4) is 0 Å². The first-order valence-corrected chi connectivity index (χ1v) is 5.30. The summed E-state index contributed by atoms with van der Waals surface area (Å²) in [5.41, 5.74) is 2.41. The maximum atomic E-state index is 6.16. The molecule has 1 aromatic rings. The standard InChI is InChI=1S/C13H13ClO/c1-15-13(14)9-7-12(8-10-13)11-5-3-2-4-6-11/h2-9H,10H2,1H3. The Bertz CT molecular complexity index is 394. The zero-order valence-corrected chi connectivity index (χ0v) is 9.37. The molecule has 1 aliphatic carbocycles. The summed E-state index contributed by atoms with van der Waals surface area (Å²) < 4.78 is 5.20. The minimum atomic E-state index is -0.654. The number of hydrogen-bond donors (Lipinski definition) is 0. The molecule has 1 aromatic carbocycles. The number of rotatable bonds is 2. The summed E-state index contributed by atoms with van der Waals surface area (Å²) in [5.74, 6) is 0. The van der Waals surface area contributed by atoms with Crippen molar-refractivity contribution in [3.63, 3.8) is 0 Å². The molecule has 15 heavy (non-hydrogen) atoms. The van der Waals surface area contributed by atoms with E-state index in [1.54, 1.807) is 7.11 Å². The Hall–Kier alpha value is -1.05. The van der Waals surface area contributed by atoms with Gasteiger partial charge in [0.1, 0.15) is 0 Å². The average molecular weight is 221 g/mol. The van der Waals surface area contributed by atoms with E-state index < -0.39 is 5.06 Å². The van der Waals surface area contributed by atoms with Crippen molar-refractivity contribution in [2.45, 2.75) is 11.5 Å². The van der Waals surface area contributed by atoms with Crippen molar-refractivity contribution in [2.24, 2.45) is 0 Å². The molecule has 1 unspecified atom stereocenters. The molecule has 0 fully saturated rings. The van der Waals surface area contributed by atoms with Gasteiger partial charge in [0.2, 0.25) is 0 Å². The third-order valence-electron chi connectivity index (χ3n) is 2.56. The van der Waals surface area contributed by atoms with Crippen LogP contribution in [0.5, 0.6) is 0 Å². The van der Waals surface area contributed by atoms with Crippen molar-refractivity contribution in [3.8, 4) is 0 Å². The first-order chi connectivity index (χ1) is 7.23. The lowest BCUT2D eigenvalue weighted by Crippen LogP contribution is -2.21. The van der Waals surface area contributed by atoms with Gasteiger partial charge in [0, 0.05) is 13.5 Å². The van der Waals surface area contributed by atoms with E-state index in [0.717, 1.165) is 0 Å². The van der Waals surface area contributed by atoms with E-state index in [1.165, 1.54) is 11.1 Å². The summed E-state index contributed by atoms with van der Waals surface area (Å²) in [4.78, 5) is 0. The maximum Gasteiger partial charge on any atom is 0.163 e. The molecule has 0 saturated carbocycles. The number of ether oxygens (including phenoxy) is 1. The molecule has 2 heteroatoms. The van der Waals surface area contributed by atoms with E-state index in [2.05, 4.69) is 18.2 Å². The van der Waals surface area contributed by atoms with Crippen LogP contribution in [-0.2, 0) is 4.74 Å². The third-order valence-corrected chi connectivity index (χ3v) is 2.99. The highest BCUT2D eigenvalue weighted by Gasteiger charge is 2.24. The van der Waals surface area contributed by atoms with Crippen molar-refractivity contribution in [1.82, 2.24) is 0 Å². The van der Waals surface area contributed by atoms with Crippen molar-refractivity contribution >= 4 is 17.2 Å². The molecule has 1 atom stereocenters. The van der Waals surface area contributed by atoms with Crippen LogP contribution in [0.4, 0.5) is 0 Å². The maximum absolute atomic E-state index is 6.16. The smallest absolute Gasteiger partial charge is 0.163 e. The monoisotopic (exact) mass is 220 g/mol. The van der Waals surface area contributed by atoms with Crippen LogP contribution in [-0.4, -0.2) is 12.2 Å². The molecule has 0 aliphatic heterocycles. The molecule has 0 heterocycles. The van der Waals surface area contributed by atoms with Gasteiger partial charge in [-0.1, -0.05) is 54.1 Å². The lowest BCUT2D eigenvalue weighted by Gasteiger charge is -2.23. The fraction of sp³-hybridized carbons (Fsp3) is 0.231. The molecule has 0 amide bonds. The second kappa shape index (κ2) is 4.21. The largest absolute Gasteiger partial charge is 0.359 e. The van der Waals surface area contributed by atoms with Crippen LogP contribution < -0.4 is 0 Å². The van der Waals surface area contributed by atoms with Crippen LogP contribution in [0.25, 0.3) is 5.57 Å². The predicted octanol–water partition coefficient (Wildman–Crippen LogP) is 3.61. The fourth-order valence-electron chi connectivity index (χ4n) is 1.60. The van der Waals surface area contributed by atoms with Crippen molar-refractivity contribution in [3.05, 3.63) is 54.1 Å². The van der Waals surface area contributed by atoms with Gasteiger partial charge in [-0.3, -0.25) is 0 Å². The van der Waals surface area contributed by atoms with Gasteiger partial charge in [-0.2, -0.15) is 0 Å². The summed E-state index contributed by atoms with van der Waals surface area (Å²) >= 11 is 6.16. The Labute approximate surface area is 95.0 Å². The molecule has 0 spiro atoms. The molecule has 0 aromatic heterocycles. The normalized spacial score (nSPS) is 25.1. The van der Waals surface area contributed by atoms with E-state index in [1.807, 2.05) is 30.4 Å². The second-order valence-corrected chi connectivity index (χ2v) is 4.19. The fourth-order valence-corrected chi connectivity index (χ4v) is 1.74. The minimum absolute atomic E-state index is 0.654. The molecule has 0 saturated heterocycles. The van der Waals surface area contributed by atoms with E-state index in [0.29, 0.717) is 6.42 Å². The third kappa shape index (κ3) is 2.31. The summed E-state index contributed by atoms with van der Waals surface area (Å²) in [7, 11) is 1.62. The average Bonchev–Trinajstić information content (AvgIpc) is 2.31. The minimum Gasteiger partial charge on any atom is -0.359 e. The highest BCUT2D eigenvalue weighted by atomic mass is 35.5. The Kier molecular flexibility index (Phi) is 2.94. The van der Waals surface area contributed by atoms with Crippen LogP contribution >= 0.6 is 11.6 Å². The van der Waals surface area contributed by atoms with Crippen LogP contribution in [0.2, 0.25) is 0 Å². The van der Waals surface area contributed by atoms with E-state index in [-0.39, 0.29) is 0 Å². The Morgan fingerprint density at radius 3 is 2.53 bits per heavy atom. The molecule has 0 bridgehead atoms. The predicted molar refractivity (Wildman–Crippen MR) is 63.8 cm³/mol. The Morgan fingerprint density at radius 1 is 1.27 bits per heavy atom. The van der Waals surface area contributed by atoms with E-state index >= 15 is 0 Å². The van der Waals surface area contributed by atoms with Crippen molar-refractivity contribution in [1.29, 1.82) is 0 Å². The number of allylic oxidation sites excluding steroid dienone is 2. The van der Waals surface area contributed by atoms with Crippen molar-refractivity contribution < 1.29 is 4.74 Å². The van der Waals surface area contributed by atoms with Gasteiger partial charge in [0.25, 0.3) is 0 Å². The molecule has 2 rings (SSSR count). The molecule has 0 radical (unpaired) electrons. The van der Waals surface area contributed by atoms with Gasteiger partial charge >= 0.3 is 0 Å². The van der Waals surface area contributed by atoms with Gasteiger partial charge in [-0.05, 0) is 17.2 Å². The van der Waals surface area contributed by atoms with Crippen LogP contribution in [0.15, 0.2) is 48.6 Å². The van der Waals surface area contributed by atoms with Gasteiger partial charge < -0.3 is 4.74 Å². The SMILES string of the molecule is COC1(Cl)C=CC(c2ccccc2)=CC1. The zero-order valence-electron chi connectivity index (χ0n) is 8.61. The van der Waals surface area contributed by atoms with Gasteiger partial charge in [-0.15, -0.1) is 0 Å². The van der Waals surface area contributed by atoms with Gasteiger partial charge in [-0.25, -0.2) is 0 Å². The molecule has 1 aliphatic rings. The van der Waals surface area contributed by atoms with Crippen molar-refractivity contribution in [2.75, 3.05) is 7.11 Å². The molecular formula is C13H13ClO. The first-order valence-electron chi connectivity index (χ1n) is 4.92. The zero-order chi connectivity index (χ0) is 10.7. The lowest BCUT2D eigenvalue weighted by molar-refractivity contribution is 0.106. The summed E-state index contributed by atoms with van der Waals surface area (Å²) in [6.07, 6.45) is 6.71. The lowest BCUT2D eigenvalue weighted by atomic mass is 9.98. The molecule has 0 N–H and O–H groups in total. The summed E-state index contributed by atoms with van der Waals surface area (Å²) in [6.45, 7) is 0. The second-order valence-electron chi connectivity index (χ2n) is 3.55. The number of alkyl halides is 1. The highest BCUT2D eigenvalue weighted by Crippen LogP contribution is 2.31. The van der Waals surface area contributed by atoms with Crippen LogP contribution in [0.1, 0.15) is 12.0 Å². The first kappa shape index (κ1) is 10.5. The Morgan fingerprint density at radius 2 is 2.00 bits per heavy atom. The number of benzene rings is 1. The van der Waals surface area contributed by atoms with E-state index in [9.17, 15) is 0 Å². The topological polar surface area (TPSA) is 9.23 Å². The number of halogens is 1. The summed E-state index contributed by atoms with van der Waals surface area (Å²) in [5, 5.41) is -0.654. The Balaban J connectivity index is 2.20. The van der Waals surface area contributed by atoms with Crippen LogP contribution in [0, 0.1) is 0 Å². The highest BCUT2D eigenvalue weighted by molar-refractivity contribution is 6.24. The number of methoxy groups -OCH3 is 1. The van der Waals surface area contributed by atoms with Gasteiger partial charge in [0.15, 0.2) is 5.06 Å². The quantitative estimate of drug-likeness (QED) is 0.692.